The molecule has 1 aliphatic heterocycles. The molecule has 1 atom stereocenters. The summed E-state index contributed by atoms with van der Waals surface area (Å²) in [6.07, 6.45) is -0.931. The first-order valence-corrected chi connectivity index (χ1v) is 10.1. The van der Waals surface area contributed by atoms with Crippen molar-refractivity contribution in [3.05, 3.63) is 53.0 Å². The van der Waals surface area contributed by atoms with Crippen molar-refractivity contribution in [2.75, 3.05) is 21.9 Å². The fourth-order valence-corrected chi connectivity index (χ4v) is 3.90. The number of ether oxygens (including phenoxy) is 1. The van der Waals surface area contributed by atoms with Gasteiger partial charge in [-0.3, -0.25) is 9.10 Å². The lowest BCUT2D eigenvalue weighted by Gasteiger charge is -2.34. The zero-order valence-electron chi connectivity index (χ0n) is 13.5. The molecule has 0 bridgehead atoms. The summed E-state index contributed by atoms with van der Waals surface area (Å²) in [6, 6.07) is 13.9. The molecule has 0 saturated carbocycles. The van der Waals surface area contributed by atoms with Crippen LogP contribution in [0.2, 0.25) is 0 Å². The monoisotopic (exact) mass is 424 g/mol. The van der Waals surface area contributed by atoms with Crippen LogP contribution in [0.25, 0.3) is 0 Å². The van der Waals surface area contributed by atoms with Crippen molar-refractivity contribution < 1.29 is 17.9 Å². The fraction of sp³-hybridized carbons (Fsp3) is 0.235. The molecule has 0 fully saturated rings. The van der Waals surface area contributed by atoms with E-state index in [1.165, 1.54) is 4.31 Å². The van der Waals surface area contributed by atoms with Gasteiger partial charge in [0.25, 0.3) is 5.91 Å². The Morgan fingerprint density at radius 3 is 2.60 bits per heavy atom. The predicted octanol–water partition coefficient (Wildman–Crippen LogP) is 3.00. The Labute approximate surface area is 155 Å². The van der Waals surface area contributed by atoms with Crippen molar-refractivity contribution in [1.82, 2.24) is 0 Å². The number of sulfonamides is 1. The van der Waals surface area contributed by atoms with Gasteiger partial charge in [0.05, 0.1) is 18.0 Å². The summed E-state index contributed by atoms with van der Waals surface area (Å²) in [6.45, 7) is 1.51. The molecular weight excluding hydrogens is 408 g/mol. The van der Waals surface area contributed by atoms with Gasteiger partial charge in [0.2, 0.25) is 10.0 Å². The van der Waals surface area contributed by atoms with Crippen LogP contribution >= 0.6 is 15.9 Å². The molecule has 0 radical (unpaired) electrons. The Bertz CT molecular complexity index is 884. The van der Waals surface area contributed by atoms with Crippen LogP contribution in [0.15, 0.2) is 53.0 Å². The quantitative estimate of drug-likeness (QED) is 0.818. The topological polar surface area (TPSA) is 75.7 Å². The molecule has 25 heavy (non-hydrogen) atoms. The van der Waals surface area contributed by atoms with E-state index in [4.69, 9.17) is 4.74 Å². The Morgan fingerprint density at radius 2 is 1.92 bits per heavy atom. The van der Waals surface area contributed by atoms with Gasteiger partial charge < -0.3 is 10.1 Å². The molecule has 0 aromatic heterocycles. The number of hydrogen-bond acceptors (Lipinski definition) is 4. The van der Waals surface area contributed by atoms with Crippen LogP contribution in [-0.2, 0) is 14.8 Å². The molecule has 0 spiro atoms. The SMILES string of the molecule is CCS(=O)(=O)N1C[C@@H](C(=O)Nc2ccc(Br)cc2)Oc2ccccc21. The minimum atomic E-state index is -3.51. The number of carbonyl (C=O) groups excluding carboxylic acids is 1. The number of halogens is 1. The number of anilines is 2. The zero-order valence-corrected chi connectivity index (χ0v) is 15.9. The van der Waals surface area contributed by atoms with Crippen molar-refractivity contribution in [3.8, 4) is 5.75 Å². The third-order valence-corrected chi connectivity index (χ3v) is 6.12. The van der Waals surface area contributed by atoms with E-state index < -0.39 is 22.0 Å². The van der Waals surface area contributed by atoms with Gasteiger partial charge >= 0.3 is 0 Å². The van der Waals surface area contributed by atoms with E-state index in [0.29, 0.717) is 17.1 Å². The summed E-state index contributed by atoms with van der Waals surface area (Å²) in [5, 5.41) is 2.75. The third-order valence-electron chi connectivity index (χ3n) is 3.84. The molecule has 6 nitrogen and oxygen atoms in total. The van der Waals surface area contributed by atoms with Gasteiger partial charge in [0.1, 0.15) is 5.75 Å². The van der Waals surface area contributed by atoms with Gasteiger partial charge in [-0.25, -0.2) is 8.42 Å². The first-order valence-electron chi connectivity index (χ1n) is 7.73. The van der Waals surface area contributed by atoms with E-state index in [2.05, 4.69) is 21.2 Å². The molecule has 132 valence electrons. The maximum Gasteiger partial charge on any atom is 0.267 e. The van der Waals surface area contributed by atoms with Crippen LogP contribution in [0, 0.1) is 0 Å². The second-order valence-corrected chi connectivity index (χ2v) is 8.60. The summed E-state index contributed by atoms with van der Waals surface area (Å²) in [4.78, 5) is 12.6. The van der Waals surface area contributed by atoms with Crippen molar-refractivity contribution in [2.45, 2.75) is 13.0 Å². The van der Waals surface area contributed by atoms with E-state index >= 15 is 0 Å². The average molecular weight is 425 g/mol. The largest absolute Gasteiger partial charge is 0.476 e. The van der Waals surface area contributed by atoms with Crippen molar-refractivity contribution in [2.24, 2.45) is 0 Å². The molecule has 0 saturated heterocycles. The highest BCUT2D eigenvalue weighted by Crippen LogP contribution is 2.35. The molecular formula is C17H17BrN2O4S. The number of hydrogen-bond donors (Lipinski definition) is 1. The fourth-order valence-electron chi connectivity index (χ4n) is 2.51. The highest BCUT2D eigenvalue weighted by atomic mass is 79.9. The molecule has 0 aliphatic carbocycles. The molecule has 1 heterocycles. The van der Waals surface area contributed by atoms with Crippen LogP contribution in [0.1, 0.15) is 6.92 Å². The second kappa shape index (κ2) is 7.05. The smallest absolute Gasteiger partial charge is 0.267 e. The molecule has 0 unspecified atom stereocenters. The maximum atomic E-state index is 12.6. The van der Waals surface area contributed by atoms with Crippen molar-refractivity contribution >= 4 is 43.2 Å². The first-order chi connectivity index (χ1) is 11.9. The highest BCUT2D eigenvalue weighted by Gasteiger charge is 2.35. The van der Waals surface area contributed by atoms with Crippen LogP contribution in [-0.4, -0.2) is 32.7 Å². The lowest BCUT2D eigenvalue weighted by molar-refractivity contribution is -0.122. The average Bonchev–Trinajstić information content (AvgIpc) is 2.62. The van der Waals surface area contributed by atoms with Gasteiger partial charge in [0.15, 0.2) is 6.10 Å². The van der Waals surface area contributed by atoms with Gasteiger partial charge in [-0.1, -0.05) is 28.1 Å². The van der Waals surface area contributed by atoms with Gasteiger partial charge in [0, 0.05) is 10.2 Å². The number of fused-ring (bicyclic) bond motifs is 1. The highest BCUT2D eigenvalue weighted by molar-refractivity contribution is 9.10. The molecule has 2 aromatic carbocycles. The van der Waals surface area contributed by atoms with E-state index in [0.717, 1.165) is 4.47 Å². The first kappa shape index (κ1) is 17.8. The normalized spacial score (nSPS) is 16.7. The number of amides is 1. The van der Waals surface area contributed by atoms with Gasteiger partial charge in [-0.2, -0.15) is 0 Å². The van der Waals surface area contributed by atoms with Crippen LogP contribution in [0.3, 0.4) is 0 Å². The van der Waals surface area contributed by atoms with Gasteiger partial charge in [-0.15, -0.1) is 0 Å². The van der Waals surface area contributed by atoms with E-state index in [1.807, 2.05) is 0 Å². The summed E-state index contributed by atoms with van der Waals surface area (Å²) in [7, 11) is -3.51. The molecule has 2 aromatic rings. The second-order valence-electron chi connectivity index (χ2n) is 5.50. The standard InChI is InChI=1S/C17H17BrN2O4S/c1-2-25(22,23)20-11-16(24-15-6-4-3-5-14(15)20)17(21)19-13-9-7-12(18)8-10-13/h3-10,16H,2,11H2,1H3,(H,19,21)/t16-/m0/s1. The predicted molar refractivity (Wildman–Crippen MR) is 100 cm³/mol. The molecule has 8 heteroatoms. The number of rotatable bonds is 4. The molecule has 1 aliphatic rings. The summed E-state index contributed by atoms with van der Waals surface area (Å²) in [5.74, 6) is -0.0718. The Balaban J connectivity index is 1.86. The van der Waals surface area contributed by atoms with Crippen molar-refractivity contribution in [3.63, 3.8) is 0 Å². The Kier molecular flexibility index (Phi) is 5.01. The molecule has 1 N–H and O–H groups in total. The zero-order chi connectivity index (χ0) is 18.0. The van der Waals surface area contributed by atoms with E-state index in [1.54, 1.807) is 55.5 Å². The van der Waals surface area contributed by atoms with Crippen LogP contribution in [0.5, 0.6) is 5.75 Å². The third kappa shape index (κ3) is 3.80. The van der Waals surface area contributed by atoms with E-state index in [-0.39, 0.29) is 12.3 Å². The minimum absolute atomic E-state index is 0.0532. The summed E-state index contributed by atoms with van der Waals surface area (Å²) in [5.41, 5.74) is 1.07. The van der Waals surface area contributed by atoms with Gasteiger partial charge in [-0.05, 0) is 43.3 Å². The van der Waals surface area contributed by atoms with E-state index in [9.17, 15) is 13.2 Å². The molecule has 1 amide bonds. The summed E-state index contributed by atoms with van der Waals surface area (Å²) >= 11 is 3.33. The summed E-state index contributed by atoms with van der Waals surface area (Å²) < 4.78 is 32.7. The number of carbonyl (C=O) groups is 1. The number of nitrogens with one attached hydrogen (secondary N) is 1. The maximum absolute atomic E-state index is 12.6. The molecule has 3 rings (SSSR count). The lowest BCUT2D eigenvalue weighted by Crippen LogP contribution is -2.49. The lowest BCUT2D eigenvalue weighted by atomic mass is 10.2. The van der Waals surface area contributed by atoms with Crippen LogP contribution in [0.4, 0.5) is 11.4 Å². The minimum Gasteiger partial charge on any atom is -0.476 e. The number of para-hydroxylation sites is 2. The number of benzene rings is 2. The Hall–Kier alpha value is -2.06. The van der Waals surface area contributed by atoms with Crippen LogP contribution < -0.4 is 14.4 Å². The van der Waals surface area contributed by atoms with Crippen molar-refractivity contribution in [1.29, 1.82) is 0 Å². The Morgan fingerprint density at radius 1 is 1.24 bits per heavy atom. The number of nitrogens with zero attached hydrogens (tertiary/aromatic N) is 1.